The summed E-state index contributed by atoms with van der Waals surface area (Å²) in [6, 6.07) is 11.3. The molecule has 0 aliphatic carbocycles. The van der Waals surface area contributed by atoms with Crippen molar-refractivity contribution in [3.05, 3.63) is 35.9 Å². The summed E-state index contributed by atoms with van der Waals surface area (Å²) in [6.45, 7) is 2.20. The summed E-state index contributed by atoms with van der Waals surface area (Å²) in [4.78, 5) is 15.5. The Balaban J connectivity index is 1.77. The van der Waals surface area contributed by atoms with Gasteiger partial charge in [0.05, 0.1) is 0 Å². The number of nitrogens with zero attached hydrogens (tertiary/aromatic N) is 1. The topological polar surface area (TPSA) is 20.3 Å². The molecular formula is C19H27NO. The van der Waals surface area contributed by atoms with Crippen molar-refractivity contribution in [3.63, 3.8) is 0 Å². The van der Waals surface area contributed by atoms with Crippen LogP contribution in [0, 0.1) is 11.8 Å². The molecule has 3 rings (SSSR count). The summed E-state index contributed by atoms with van der Waals surface area (Å²) in [5.41, 5.74) is 0.905. The molecule has 1 aromatic carbocycles. The van der Waals surface area contributed by atoms with Crippen molar-refractivity contribution in [3.8, 4) is 0 Å². The van der Waals surface area contributed by atoms with Crippen molar-refractivity contribution in [2.75, 3.05) is 7.05 Å². The lowest BCUT2D eigenvalue weighted by Gasteiger charge is -2.39. The van der Waals surface area contributed by atoms with Gasteiger partial charge < -0.3 is 4.90 Å². The van der Waals surface area contributed by atoms with Crippen molar-refractivity contribution in [2.24, 2.45) is 11.8 Å². The van der Waals surface area contributed by atoms with Crippen LogP contribution in [0.15, 0.2) is 30.3 Å². The first-order chi connectivity index (χ1) is 10.2. The fraction of sp³-hybridized carbons (Fsp3) is 0.632. The normalized spacial score (nSPS) is 30.3. The fourth-order valence-corrected chi connectivity index (χ4v) is 4.49. The summed E-state index contributed by atoms with van der Waals surface area (Å²) in [7, 11) is 2.27. The Kier molecular flexibility index (Phi) is 4.44. The maximum Gasteiger partial charge on any atom is 0.166 e. The summed E-state index contributed by atoms with van der Waals surface area (Å²) in [6.07, 6.45) is 7.24. The monoisotopic (exact) mass is 285 g/mol. The van der Waals surface area contributed by atoms with Gasteiger partial charge in [-0.15, -0.1) is 0 Å². The zero-order valence-corrected chi connectivity index (χ0v) is 13.3. The summed E-state index contributed by atoms with van der Waals surface area (Å²) >= 11 is 0. The van der Waals surface area contributed by atoms with E-state index in [1.807, 2.05) is 30.3 Å². The van der Waals surface area contributed by atoms with Crippen molar-refractivity contribution >= 4 is 5.78 Å². The second-order valence-corrected chi connectivity index (χ2v) is 6.91. The molecule has 2 fully saturated rings. The van der Waals surface area contributed by atoms with Gasteiger partial charge in [-0.1, -0.05) is 43.7 Å². The maximum atomic E-state index is 12.9. The summed E-state index contributed by atoms with van der Waals surface area (Å²) in [5, 5.41) is 0. The van der Waals surface area contributed by atoms with Crippen LogP contribution in [0.4, 0.5) is 0 Å². The second-order valence-electron chi connectivity index (χ2n) is 6.91. The Morgan fingerprint density at radius 3 is 2.38 bits per heavy atom. The zero-order valence-electron chi connectivity index (χ0n) is 13.3. The third-order valence-electron chi connectivity index (χ3n) is 5.70. The molecule has 2 bridgehead atoms. The van der Waals surface area contributed by atoms with Crippen LogP contribution in [0.1, 0.15) is 55.8 Å². The van der Waals surface area contributed by atoms with E-state index in [0.717, 1.165) is 30.5 Å². The van der Waals surface area contributed by atoms with Crippen molar-refractivity contribution in [1.29, 1.82) is 0 Å². The van der Waals surface area contributed by atoms with Crippen LogP contribution in [0.3, 0.4) is 0 Å². The average molecular weight is 285 g/mol. The van der Waals surface area contributed by atoms with Gasteiger partial charge in [-0.25, -0.2) is 0 Å². The molecule has 114 valence electrons. The van der Waals surface area contributed by atoms with Crippen LogP contribution in [0.25, 0.3) is 0 Å². The van der Waals surface area contributed by atoms with E-state index in [1.54, 1.807) is 0 Å². The highest BCUT2D eigenvalue weighted by Gasteiger charge is 2.42. The predicted molar refractivity (Wildman–Crippen MR) is 86.5 cm³/mol. The lowest BCUT2D eigenvalue weighted by molar-refractivity contribution is 0.0692. The van der Waals surface area contributed by atoms with E-state index in [2.05, 4.69) is 18.9 Å². The maximum absolute atomic E-state index is 12.9. The van der Waals surface area contributed by atoms with E-state index in [9.17, 15) is 4.79 Å². The van der Waals surface area contributed by atoms with Gasteiger partial charge in [0, 0.05) is 23.6 Å². The number of carbonyl (C=O) groups excluding carboxylic acids is 1. The Bertz CT molecular complexity index is 470. The summed E-state index contributed by atoms with van der Waals surface area (Å²) in [5.74, 6) is 1.20. The van der Waals surface area contributed by atoms with E-state index < -0.39 is 0 Å². The molecule has 2 saturated heterocycles. The molecule has 21 heavy (non-hydrogen) atoms. The van der Waals surface area contributed by atoms with Gasteiger partial charge in [-0.3, -0.25) is 4.79 Å². The highest BCUT2D eigenvalue weighted by atomic mass is 16.1. The SMILES string of the molecule is CCCC(C(=O)c1ccccc1)C1CC2CCC(C1)N2C. The quantitative estimate of drug-likeness (QED) is 0.757. The molecule has 1 aromatic rings. The molecule has 2 heteroatoms. The first kappa shape index (κ1) is 14.8. The molecule has 0 N–H and O–H groups in total. The third kappa shape index (κ3) is 2.91. The number of rotatable bonds is 5. The van der Waals surface area contributed by atoms with Gasteiger partial charge in [0.15, 0.2) is 5.78 Å². The number of Topliss-reactive ketones (excluding diaryl/α,β-unsaturated/α-hetero) is 1. The van der Waals surface area contributed by atoms with Gasteiger partial charge >= 0.3 is 0 Å². The highest BCUT2D eigenvalue weighted by Crippen LogP contribution is 2.42. The predicted octanol–water partition coefficient (Wildman–Crippen LogP) is 4.16. The molecule has 0 aromatic heterocycles. The molecule has 2 nitrogen and oxygen atoms in total. The Morgan fingerprint density at radius 2 is 1.81 bits per heavy atom. The van der Waals surface area contributed by atoms with E-state index in [4.69, 9.17) is 0 Å². The van der Waals surface area contributed by atoms with Gasteiger partial charge in [0.25, 0.3) is 0 Å². The van der Waals surface area contributed by atoms with Crippen molar-refractivity contribution in [1.82, 2.24) is 4.90 Å². The number of ketones is 1. The van der Waals surface area contributed by atoms with Crippen molar-refractivity contribution < 1.29 is 4.79 Å². The molecule has 0 radical (unpaired) electrons. The van der Waals surface area contributed by atoms with Gasteiger partial charge in [0.2, 0.25) is 0 Å². The Morgan fingerprint density at radius 1 is 1.19 bits per heavy atom. The van der Waals surface area contributed by atoms with E-state index in [-0.39, 0.29) is 5.92 Å². The lowest BCUT2D eigenvalue weighted by atomic mass is 9.75. The lowest BCUT2D eigenvalue weighted by Crippen LogP contribution is -2.43. The first-order valence-corrected chi connectivity index (χ1v) is 8.52. The minimum atomic E-state index is 0.231. The average Bonchev–Trinajstić information content (AvgIpc) is 2.74. The van der Waals surface area contributed by atoms with E-state index in [1.165, 1.54) is 25.7 Å². The van der Waals surface area contributed by atoms with E-state index in [0.29, 0.717) is 11.7 Å². The second kappa shape index (κ2) is 6.31. The molecule has 3 atom stereocenters. The minimum absolute atomic E-state index is 0.231. The minimum Gasteiger partial charge on any atom is -0.300 e. The summed E-state index contributed by atoms with van der Waals surface area (Å²) < 4.78 is 0. The van der Waals surface area contributed by atoms with Crippen LogP contribution in [-0.2, 0) is 0 Å². The molecule has 0 amide bonds. The number of hydrogen-bond acceptors (Lipinski definition) is 2. The van der Waals surface area contributed by atoms with Gasteiger partial charge in [-0.2, -0.15) is 0 Å². The molecule has 2 aliphatic rings. The molecule has 0 spiro atoms. The van der Waals surface area contributed by atoms with Crippen LogP contribution < -0.4 is 0 Å². The zero-order chi connectivity index (χ0) is 14.8. The van der Waals surface area contributed by atoms with Crippen LogP contribution >= 0.6 is 0 Å². The molecule has 2 heterocycles. The Hall–Kier alpha value is -1.15. The highest BCUT2D eigenvalue weighted by molar-refractivity contribution is 5.98. The van der Waals surface area contributed by atoms with Gasteiger partial charge in [-0.05, 0) is 45.1 Å². The standard InChI is InChI=1S/C19H27NO/c1-3-7-18(19(21)14-8-5-4-6-9-14)15-12-16-10-11-17(13-15)20(16)2/h4-6,8-9,15-18H,3,7,10-13H2,1-2H3. The number of hydrogen-bond donors (Lipinski definition) is 0. The first-order valence-electron chi connectivity index (χ1n) is 8.52. The fourth-order valence-electron chi connectivity index (χ4n) is 4.49. The van der Waals surface area contributed by atoms with Gasteiger partial charge in [0.1, 0.15) is 0 Å². The molecule has 2 aliphatic heterocycles. The number of benzene rings is 1. The van der Waals surface area contributed by atoms with Crippen LogP contribution in [-0.4, -0.2) is 29.8 Å². The van der Waals surface area contributed by atoms with Crippen LogP contribution in [0.2, 0.25) is 0 Å². The largest absolute Gasteiger partial charge is 0.300 e. The smallest absolute Gasteiger partial charge is 0.166 e. The molecular weight excluding hydrogens is 258 g/mol. The molecule has 0 saturated carbocycles. The van der Waals surface area contributed by atoms with E-state index >= 15 is 0 Å². The number of fused-ring (bicyclic) bond motifs is 2. The Labute approximate surface area is 128 Å². The van der Waals surface area contributed by atoms with Crippen LogP contribution in [0.5, 0.6) is 0 Å². The number of carbonyl (C=O) groups is 1. The number of piperidine rings is 1. The third-order valence-corrected chi connectivity index (χ3v) is 5.70. The van der Waals surface area contributed by atoms with Crippen molar-refractivity contribution in [2.45, 2.75) is 57.5 Å². The molecule has 3 unspecified atom stereocenters.